The van der Waals surface area contributed by atoms with Gasteiger partial charge in [0.15, 0.2) is 0 Å². The molecule has 2 nitrogen and oxygen atoms in total. The summed E-state index contributed by atoms with van der Waals surface area (Å²) < 4.78 is 0. The number of hydrogen-bond donors (Lipinski definition) is 1. The third-order valence-corrected chi connectivity index (χ3v) is 2.97. The molecule has 0 radical (unpaired) electrons. The van der Waals surface area contributed by atoms with E-state index in [9.17, 15) is 0 Å². The maximum absolute atomic E-state index is 8.18. The van der Waals surface area contributed by atoms with Crippen LogP contribution in [0.5, 0.6) is 0 Å². The molecule has 1 aromatic rings. The highest BCUT2D eigenvalue weighted by Crippen LogP contribution is 2.09. The molecule has 0 saturated carbocycles. The van der Waals surface area contributed by atoms with Crippen LogP contribution in [0.25, 0.3) is 0 Å². The lowest BCUT2D eigenvalue weighted by molar-refractivity contribution is 0.358. The molecule has 2 heteroatoms. The molecular formula is C14H22N2. The van der Waals surface area contributed by atoms with E-state index in [0.29, 0.717) is 11.8 Å². The van der Waals surface area contributed by atoms with Crippen molar-refractivity contribution in [3.8, 4) is 0 Å². The summed E-state index contributed by atoms with van der Waals surface area (Å²) in [5, 5.41) is 8.18. The summed E-state index contributed by atoms with van der Waals surface area (Å²) in [4.78, 5) is 2.14. The average Bonchev–Trinajstić information content (AvgIpc) is 2.35. The Bertz CT molecular complexity index is 319. The van der Waals surface area contributed by atoms with Crippen molar-refractivity contribution in [2.45, 2.75) is 27.2 Å². The molecule has 1 rings (SSSR count). The minimum absolute atomic E-state index is 0.642. The molecule has 0 fully saturated rings. The van der Waals surface area contributed by atoms with E-state index in [-0.39, 0.29) is 0 Å². The predicted molar refractivity (Wildman–Crippen MR) is 70.0 cm³/mol. The fraction of sp³-hybridized carbons (Fsp3) is 0.500. The van der Waals surface area contributed by atoms with Crippen molar-refractivity contribution in [2.75, 3.05) is 13.1 Å². The molecular weight excluding hydrogens is 196 g/mol. The molecule has 0 amide bonds. The number of nitrogens with zero attached hydrogens (tertiary/aromatic N) is 1. The van der Waals surface area contributed by atoms with Crippen LogP contribution in [0.3, 0.4) is 0 Å². The van der Waals surface area contributed by atoms with Gasteiger partial charge in [-0.2, -0.15) is 0 Å². The van der Waals surface area contributed by atoms with Gasteiger partial charge in [-0.3, -0.25) is 5.41 Å². The summed E-state index contributed by atoms with van der Waals surface area (Å²) in [5.41, 5.74) is 1.01. The zero-order valence-corrected chi connectivity index (χ0v) is 10.5. The Morgan fingerprint density at radius 2 is 1.88 bits per heavy atom. The van der Waals surface area contributed by atoms with E-state index >= 15 is 0 Å². The Morgan fingerprint density at radius 1 is 1.25 bits per heavy atom. The van der Waals surface area contributed by atoms with Crippen LogP contribution in [0.2, 0.25) is 0 Å². The van der Waals surface area contributed by atoms with Crippen LogP contribution in [0.1, 0.15) is 32.8 Å². The average molecular weight is 218 g/mol. The van der Waals surface area contributed by atoms with Crippen molar-refractivity contribution >= 4 is 5.84 Å². The standard InChI is InChI=1S/C14H22N2/c1-4-12(3)11-16(5-2)14(15)13-9-7-6-8-10-13/h6-10,12,15H,4-5,11H2,1-3H3. The highest BCUT2D eigenvalue weighted by Gasteiger charge is 2.12. The molecule has 0 bridgehead atoms. The first-order valence-corrected chi connectivity index (χ1v) is 6.07. The maximum atomic E-state index is 8.18. The molecule has 1 atom stereocenters. The fourth-order valence-electron chi connectivity index (χ4n) is 1.66. The lowest BCUT2D eigenvalue weighted by Gasteiger charge is -2.26. The molecule has 0 aliphatic rings. The monoisotopic (exact) mass is 218 g/mol. The molecule has 16 heavy (non-hydrogen) atoms. The highest BCUT2D eigenvalue weighted by atomic mass is 15.2. The number of nitrogens with one attached hydrogen (secondary N) is 1. The zero-order chi connectivity index (χ0) is 12.0. The van der Waals surface area contributed by atoms with Crippen LogP contribution in [0.15, 0.2) is 30.3 Å². The summed E-state index contributed by atoms with van der Waals surface area (Å²) >= 11 is 0. The number of rotatable bonds is 5. The first-order chi connectivity index (χ1) is 7.69. The third kappa shape index (κ3) is 3.37. The predicted octanol–water partition coefficient (Wildman–Crippen LogP) is 3.38. The van der Waals surface area contributed by atoms with Crippen molar-refractivity contribution in [1.29, 1.82) is 5.41 Å². The van der Waals surface area contributed by atoms with Crippen LogP contribution < -0.4 is 0 Å². The quantitative estimate of drug-likeness (QED) is 0.595. The first kappa shape index (κ1) is 12.8. The van der Waals surface area contributed by atoms with Crippen LogP contribution >= 0.6 is 0 Å². The molecule has 0 spiro atoms. The molecule has 0 aromatic heterocycles. The van der Waals surface area contributed by atoms with E-state index in [1.54, 1.807) is 0 Å². The Labute approximate surface area is 98.8 Å². The van der Waals surface area contributed by atoms with Gasteiger partial charge in [0.1, 0.15) is 5.84 Å². The normalized spacial score (nSPS) is 12.2. The largest absolute Gasteiger partial charge is 0.357 e. The summed E-state index contributed by atoms with van der Waals surface area (Å²) in [6, 6.07) is 9.97. The lowest BCUT2D eigenvalue weighted by Crippen LogP contribution is -2.34. The van der Waals surface area contributed by atoms with Crippen LogP contribution in [0, 0.1) is 11.3 Å². The van der Waals surface area contributed by atoms with E-state index in [4.69, 9.17) is 5.41 Å². The Kier molecular flexibility index (Phi) is 5.03. The topological polar surface area (TPSA) is 27.1 Å². The molecule has 1 N–H and O–H groups in total. The van der Waals surface area contributed by atoms with Crippen molar-refractivity contribution in [1.82, 2.24) is 4.90 Å². The molecule has 0 aliphatic carbocycles. The maximum Gasteiger partial charge on any atom is 0.128 e. The molecule has 0 saturated heterocycles. The van der Waals surface area contributed by atoms with Gasteiger partial charge in [-0.25, -0.2) is 0 Å². The zero-order valence-electron chi connectivity index (χ0n) is 10.5. The molecule has 88 valence electrons. The minimum atomic E-state index is 0.642. The smallest absolute Gasteiger partial charge is 0.128 e. The Hall–Kier alpha value is -1.31. The van der Waals surface area contributed by atoms with E-state index in [1.807, 2.05) is 30.3 Å². The van der Waals surface area contributed by atoms with Crippen molar-refractivity contribution in [3.05, 3.63) is 35.9 Å². The first-order valence-electron chi connectivity index (χ1n) is 6.07. The van der Waals surface area contributed by atoms with Crippen molar-refractivity contribution in [2.24, 2.45) is 5.92 Å². The second kappa shape index (κ2) is 6.31. The van der Waals surface area contributed by atoms with Gasteiger partial charge in [-0.1, -0.05) is 50.6 Å². The van der Waals surface area contributed by atoms with Crippen molar-refractivity contribution < 1.29 is 0 Å². The van der Waals surface area contributed by atoms with E-state index in [2.05, 4.69) is 25.7 Å². The fourth-order valence-corrected chi connectivity index (χ4v) is 1.66. The van der Waals surface area contributed by atoms with E-state index in [0.717, 1.165) is 18.7 Å². The van der Waals surface area contributed by atoms with Gasteiger partial charge < -0.3 is 4.90 Å². The highest BCUT2D eigenvalue weighted by molar-refractivity contribution is 5.96. The molecule has 0 aliphatic heterocycles. The Balaban J connectivity index is 2.70. The number of benzene rings is 1. The van der Waals surface area contributed by atoms with E-state index in [1.165, 1.54) is 6.42 Å². The number of hydrogen-bond acceptors (Lipinski definition) is 1. The van der Waals surface area contributed by atoms with Crippen molar-refractivity contribution in [3.63, 3.8) is 0 Å². The van der Waals surface area contributed by atoms with E-state index < -0.39 is 0 Å². The summed E-state index contributed by atoms with van der Waals surface area (Å²) in [6.07, 6.45) is 1.17. The van der Waals surface area contributed by atoms with Gasteiger partial charge in [0, 0.05) is 18.7 Å². The van der Waals surface area contributed by atoms with Gasteiger partial charge in [0.05, 0.1) is 0 Å². The van der Waals surface area contributed by atoms with Gasteiger partial charge >= 0.3 is 0 Å². The third-order valence-electron chi connectivity index (χ3n) is 2.97. The second-order valence-electron chi connectivity index (χ2n) is 4.27. The summed E-state index contributed by atoms with van der Waals surface area (Å²) in [7, 11) is 0. The number of amidine groups is 1. The molecule has 1 unspecified atom stereocenters. The van der Waals surface area contributed by atoms with Gasteiger partial charge in [-0.05, 0) is 12.8 Å². The van der Waals surface area contributed by atoms with Crippen LogP contribution in [-0.4, -0.2) is 23.8 Å². The summed E-state index contributed by atoms with van der Waals surface area (Å²) in [5.74, 6) is 1.28. The summed E-state index contributed by atoms with van der Waals surface area (Å²) in [6.45, 7) is 8.42. The minimum Gasteiger partial charge on any atom is -0.357 e. The van der Waals surface area contributed by atoms with Crippen LogP contribution in [0.4, 0.5) is 0 Å². The SMILES string of the molecule is CCC(C)CN(CC)C(=N)c1ccccc1. The van der Waals surface area contributed by atoms with Gasteiger partial charge in [0.2, 0.25) is 0 Å². The van der Waals surface area contributed by atoms with Gasteiger partial charge in [-0.15, -0.1) is 0 Å². The van der Waals surface area contributed by atoms with Gasteiger partial charge in [0.25, 0.3) is 0 Å². The molecule has 0 heterocycles. The second-order valence-corrected chi connectivity index (χ2v) is 4.27. The molecule has 1 aromatic carbocycles. The Morgan fingerprint density at radius 3 is 2.38 bits per heavy atom. The lowest BCUT2D eigenvalue weighted by atomic mass is 10.1. The van der Waals surface area contributed by atoms with Crippen LogP contribution in [-0.2, 0) is 0 Å².